The van der Waals surface area contributed by atoms with Crippen molar-refractivity contribution in [3.8, 4) is 5.75 Å². The Balaban J connectivity index is 1.33. The average molecular weight is 438 g/mol. The van der Waals surface area contributed by atoms with Gasteiger partial charge in [0.05, 0.1) is 23.3 Å². The maximum Gasteiger partial charge on any atom is 0.265 e. The minimum atomic E-state index is -0.159. The van der Waals surface area contributed by atoms with Gasteiger partial charge in [0.1, 0.15) is 12.4 Å². The number of carbonyl (C=O) groups is 1. The first-order valence-corrected chi connectivity index (χ1v) is 10.7. The predicted molar refractivity (Wildman–Crippen MR) is 121 cm³/mol. The summed E-state index contributed by atoms with van der Waals surface area (Å²) < 4.78 is 7.60. The van der Waals surface area contributed by atoms with Crippen LogP contribution in [0.25, 0.3) is 0 Å². The van der Waals surface area contributed by atoms with Crippen LogP contribution in [0.5, 0.6) is 5.75 Å². The highest BCUT2D eigenvalue weighted by atomic mass is 35.5. The molecule has 0 atom stereocenters. The lowest BCUT2D eigenvalue weighted by molar-refractivity contribution is 0.103. The fraction of sp³-hybridized carbons (Fsp3) is 0.130. The van der Waals surface area contributed by atoms with Gasteiger partial charge >= 0.3 is 0 Å². The van der Waals surface area contributed by atoms with Crippen LogP contribution in [0.1, 0.15) is 26.4 Å². The molecule has 2 aromatic heterocycles. The Hall–Kier alpha value is -3.09. The van der Waals surface area contributed by atoms with Crippen molar-refractivity contribution in [2.24, 2.45) is 0 Å². The second kappa shape index (κ2) is 9.15. The number of halogens is 1. The van der Waals surface area contributed by atoms with Crippen LogP contribution in [0.2, 0.25) is 5.02 Å². The van der Waals surface area contributed by atoms with Gasteiger partial charge in [-0.15, -0.1) is 11.3 Å². The van der Waals surface area contributed by atoms with E-state index in [0.29, 0.717) is 28.7 Å². The van der Waals surface area contributed by atoms with Gasteiger partial charge in [-0.05, 0) is 47.7 Å². The number of thiophene rings is 1. The van der Waals surface area contributed by atoms with Gasteiger partial charge in [-0.1, -0.05) is 41.9 Å². The number of nitrogens with zero attached hydrogens (tertiary/aromatic N) is 2. The van der Waals surface area contributed by atoms with Gasteiger partial charge in [0.15, 0.2) is 0 Å². The van der Waals surface area contributed by atoms with Gasteiger partial charge in [-0.2, -0.15) is 5.10 Å². The predicted octanol–water partition coefficient (Wildman–Crippen LogP) is 5.79. The summed E-state index contributed by atoms with van der Waals surface area (Å²) in [5.74, 6) is 0.591. The molecule has 30 heavy (non-hydrogen) atoms. The molecule has 0 aliphatic heterocycles. The van der Waals surface area contributed by atoms with Gasteiger partial charge in [0, 0.05) is 16.8 Å². The maximum atomic E-state index is 12.6. The van der Waals surface area contributed by atoms with Gasteiger partial charge in [-0.3, -0.25) is 9.48 Å². The molecule has 0 saturated carbocycles. The Morgan fingerprint density at radius 2 is 2.00 bits per heavy atom. The fourth-order valence-electron chi connectivity index (χ4n) is 2.92. The van der Waals surface area contributed by atoms with Crippen molar-refractivity contribution >= 4 is 34.5 Å². The molecule has 152 valence electrons. The number of aromatic nitrogens is 2. The molecule has 1 N–H and O–H groups in total. The Kier molecular flexibility index (Phi) is 6.16. The van der Waals surface area contributed by atoms with Crippen molar-refractivity contribution in [3.05, 3.63) is 99.0 Å². The van der Waals surface area contributed by atoms with E-state index >= 15 is 0 Å². The van der Waals surface area contributed by atoms with Crippen molar-refractivity contribution < 1.29 is 9.53 Å². The van der Waals surface area contributed by atoms with Crippen LogP contribution in [0, 0.1) is 6.92 Å². The summed E-state index contributed by atoms with van der Waals surface area (Å²) in [4.78, 5) is 13.2. The van der Waals surface area contributed by atoms with Crippen LogP contribution < -0.4 is 10.1 Å². The minimum absolute atomic E-state index is 0.159. The molecule has 0 spiro atoms. The second-order valence-corrected chi connectivity index (χ2v) is 8.20. The molecule has 5 nitrogen and oxygen atoms in total. The number of hydrogen-bond donors (Lipinski definition) is 1. The first-order valence-electron chi connectivity index (χ1n) is 9.41. The van der Waals surface area contributed by atoms with Gasteiger partial charge in [-0.25, -0.2) is 0 Å². The van der Waals surface area contributed by atoms with E-state index in [2.05, 4.69) is 10.4 Å². The third-order valence-electron chi connectivity index (χ3n) is 4.49. The van der Waals surface area contributed by atoms with Crippen LogP contribution in [0.15, 0.2) is 72.4 Å². The summed E-state index contributed by atoms with van der Waals surface area (Å²) in [6.45, 7) is 2.98. The number of rotatable bonds is 7. The number of ether oxygens (including phenoxy) is 1. The van der Waals surface area contributed by atoms with E-state index in [0.717, 1.165) is 22.4 Å². The lowest BCUT2D eigenvalue weighted by atomic mass is 10.2. The standard InChI is InChI=1S/C23H20ClN3O2S/c1-16-9-20(7-8-21(16)24)29-14-18-10-22(30-15-18)23(28)26-19-11-25-27(13-19)12-17-5-3-2-4-6-17/h2-11,13,15H,12,14H2,1H3,(H,26,28). The normalized spacial score (nSPS) is 10.7. The molecule has 0 unspecified atom stereocenters. The quantitative estimate of drug-likeness (QED) is 0.398. The number of aryl methyl sites for hydroxylation is 1. The fourth-order valence-corrected chi connectivity index (χ4v) is 3.83. The number of amides is 1. The number of anilines is 1. The molecular weight excluding hydrogens is 418 g/mol. The van der Waals surface area contributed by atoms with Crippen molar-refractivity contribution in [2.45, 2.75) is 20.1 Å². The molecule has 0 radical (unpaired) electrons. The van der Waals surface area contributed by atoms with Crippen molar-refractivity contribution in [2.75, 3.05) is 5.32 Å². The average Bonchev–Trinajstić information content (AvgIpc) is 3.39. The topological polar surface area (TPSA) is 56.1 Å². The zero-order valence-corrected chi connectivity index (χ0v) is 17.9. The highest BCUT2D eigenvalue weighted by Crippen LogP contribution is 2.23. The third-order valence-corrected chi connectivity index (χ3v) is 5.89. The highest BCUT2D eigenvalue weighted by molar-refractivity contribution is 7.12. The van der Waals surface area contributed by atoms with E-state index in [1.807, 2.05) is 73.1 Å². The second-order valence-electron chi connectivity index (χ2n) is 6.89. The van der Waals surface area contributed by atoms with E-state index in [-0.39, 0.29) is 5.91 Å². The molecule has 7 heteroatoms. The first kappa shape index (κ1) is 20.2. The zero-order chi connectivity index (χ0) is 20.9. The lowest BCUT2D eigenvalue weighted by Gasteiger charge is -2.06. The lowest BCUT2D eigenvalue weighted by Crippen LogP contribution is -2.09. The van der Waals surface area contributed by atoms with Crippen LogP contribution in [-0.2, 0) is 13.2 Å². The number of nitrogens with one attached hydrogen (secondary N) is 1. The number of carbonyl (C=O) groups excluding carboxylic acids is 1. The molecule has 0 fully saturated rings. The molecule has 4 aromatic rings. The summed E-state index contributed by atoms with van der Waals surface area (Å²) in [5, 5.41) is 9.85. The Bertz CT molecular complexity index is 1150. The summed E-state index contributed by atoms with van der Waals surface area (Å²) in [6.07, 6.45) is 3.48. The van der Waals surface area contributed by atoms with E-state index in [9.17, 15) is 4.79 Å². The zero-order valence-electron chi connectivity index (χ0n) is 16.3. The maximum absolute atomic E-state index is 12.6. The highest BCUT2D eigenvalue weighted by Gasteiger charge is 2.11. The molecule has 0 bridgehead atoms. The van der Waals surface area contributed by atoms with E-state index in [4.69, 9.17) is 16.3 Å². The van der Waals surface area contributed by atoms with Gasteiger partial charge in [0.25, 0.3) is 5.91 Å². The largest absolute Gasteiger partial charge is 0.489 e. The number of hydrogen-bond acceptors (Lipinski definition) is 4. The monoisotopic (exact) mass is 437 g/mol. The molecule has 0 saturated heterocycles. The molecule has 0 aliphatic rings. The minimum Gasteiger partial charge on any atom is -0.489 e. The van der Waals surface area contributed by atoms with Crippen molar-refractivity contribution in [1.82, 2.24) is 9.78 Å². The van der Waals surface area contributed by atoms with E-state index in [1.165, 1.54) is 11.3 Å². The van der Waals surface area contributed by atoms with E-state index < -0.39 is 0 Å². The Morgan fingerprint density at radius 3 is 2.80 bits per heavy atom. The Morgan fingerprint density at radius 1 is 1.17 bits per heavy atom. The van der Waals surface area contributed by atoms with Gasteiger partial charge in [0.2, 0.25) is 0 Å². The first-order chi connectivity index (χ1) is 14.6. The third kappa shape index (κ3) is 5.09. The smallest absolute Gasteiger partial charge is 0.265 e. The Labute approximate surface area is 183 Å². The summed E-state index contributed by atoms with van der Waals surface area (Å²) in [5.41, 5.74) is 3.72. The van der Waals surface area contributed by atoms with E-state index in [1.54, 1.807) is 10.9 Å². The molecule has 1 amide bonds. The van der Waals surface area contributed by atoms with Crippen molar-refractivity contribution in [3.63, 3.8) is 0 Å². The SMILES string of the molecule is Cc1cc(OCc2csc(C(=O)Nc3cnn(Cc4ccccc4)c3)c2)ccc1Cl. The summed E-state index contributed by atoms with van der Waals surface area (Å²) >= 11 is 7.43. The number of benzene rings is 2. The molecule has 4 rings (SSSR count). The van der Waals surface area contributed by atoms with Crippen molar-refractivity contribution in [1.29, 1.82) is 0 Å². The molecule has 2 heterocycles. The van der Waals surface area contributed by atoms with Crippen LogP contribution >= 0.6 is 22.9 Å². The summed E-state index contributed by atoms with van der Waals surface area (Å²) in [6, 6.07) is 17.4. The molecule has 0 aliphatic carbocycles. The van der Waals surface area contributed by atoms with Crippen LogP contribution in [0.4, 0.5) is 5.69 Å². The van der Waals surface area contributed by atoms with Gasteiger partial charge < -0.3 is 10.1 Å². The summed E-state index contributed by atoms with van der Waals surface area (Å²) in [7, 11) is 0. The van der Waals surface area contributed by atoms with Crippen LogP contribution in [0.3, 0.4) is 0 Å². The molecular formula is C23H20ClN3O2S. The molecule has 2 aromatic carbocycles. The van der Waals surface area contributed by atoms with Crippen LogP contribution in [-0.4, -0.2) is 15.7 Å².